The van der Waals surface area contributed by atoms with Crippen LogP contribution >= 0.6 is 0 Å². The minimum atomic E-state index is -0.398. The standard InChI is InChI=1S/C17H16FN3O2/c1-19-17(23)21-14-7-4-6-13(11-14)20-16(22)10-9-12-5-2-3-8-15(12)18/h2-11H,1H3,(H,20,22)(H2,19,21,23)/b10-9+. The van der Waals surface area contributed by atoms with Gasteiger partial charge < -0.3 is 16.0 Å². The number of hydrogen-bond acceptors (Lipinski definition) is 2. The fourth-order valence-electron chi connectivity index (χ4n) is 1.83. The van der Waals surface area contributed by atoms with E-state index in [-0.39, 0.29) is 6.03 Å². The van der Waals surface area contributed by atoms with Gasteiger partial charge in [0.15, 0.2) is 0 Å². The molecular weight excluding hydrogens is 297 g/mol. The monoisotopic (exact) mass is 313 g/mol. The normalized spacial score (nSPS) is 10.3. The number of benzene rings is 2. The summed E-state index contributed by atoms with van der Waals surface area (Å²) < 4.78 is 13.4. The zero-order valence-corrected chi connectivity index (χ0v) is 12.5. The molecule has 0 aliphatic rings. The van der Waals surface area contributed by atoms with Gasteiger partial charge in [0.25, 0.3) is 0 Å². The van der Waals surface area contributed by atoms with Gasteiger partial charge in [0, 0.05) is 30.1 Å². The molecule has 0 bridgehead atoms. The quantitative estimate of drug-likeness (QED) is 0.758. The number of rotatable bonds is 4. The first-order valence-electron chi connectivity index (χ1n) is 6.91. The maximum atomic E-state index is 13.4. The van der Waals surface area contributed by atoms with Crippen LogP contribution in [0.1, 0.15) is 5.56 Å². The highest BCUT2D eigenvalue weighted by molar-refractivity contribution is 6.02. The van der Waals surface area contributed by atoms with E-state index >= 15 is 0 Å². The van der Waals surface area contributed by atoms with Gasteiger partial charge in [-0.05, 0) is 30.3 Å². The van der Waals surface area contributed by atoms with Crippen LogP contribution in [0, 0.1) is 5.82 Å². The van der Waals surface area contributed by atoms with Crippen molar-refractivity contribution in [2.75, 3.05) is 17.7 Å². The Morgan fingerprint density at radius 3 is 2.39 bits per heavy atom. The van der Waals surface area contributed by atoms with Crippen LogP contribution in [0.15, 0.2) is 54.6 Å². The maximum absolute atomic E-state index is 13.4. The van der Waals surface area contributed by atoms with Gasteiger partial charge in [-0.25, -0.2) is 9.18 Å². The zero-order chi connectivity index (χ0) is 16.7. The second-order valence-corrected chi connectivity index (χ2v) is 4.63. The molecule has 0 aromatic heterocycles. The van der Waals surface area contributed by atoms with Gasteiger partial charge in [-0.3, -0.25) is 4.79 Å². The minimum absolute atomic E-state index is 0.331. The van der Waals surface area contributed by atoms with Crippen molar-refractivity contribution in [3.8, 4) is 0 Å². The van der Waals surface area contributed by atoms with Crippen molar-refractivity contribution in [2.45, 2.75) is 0 Å². The van der Waals surface area contributed by atoms with Gasteiger partial charge in [0.1, 0.15) is 5.82 Å². The SMILES string of the molecule is CNC(=O)Nc1cccc(NC(=O)/C=C/c2ccccc2F)c1. The van der Waals surface area contributed by atoms with Crippen molar-refractivity contribution < 1.29 is 14.0 Å². The molecule has 0 fully saturated rings. The first-order valence-corrected chi connectivity index (χ1v) is 6.91. The van der Waals surface area contributed by atoms with E-state index < -0.39 is 11.7 Å². The lowest BCUT2D eigenvalue weighted by atomic mass is 10.2. The first kappa shape index (κ1) is 16.2. The third kappa shape index (κ3) is 4.96. The van der Waals surface area contributed by atoms with Crippen LogP contribution in [0.25, 0.3) is 6.08 Å². The lowest BCUT2D eigenvalue weighted by Gasteiger charge is -2.07. The molecule has 118 valence electrons. The summed E-state index contributed by atoms with van der Waals surface area (Å²) in [6, 6.07) is 12.5. The number of carbonyl (C=O) groups excluding carboxylic acids is 2. The third-order valence-corrected chi connectivity index (χ3v) is 2.93. The van der Waals surface area contributed by atoms with Crippen molar-refractivity contribution in [3.05, 3.63) is 66.0 Å². The summed E-state index contributed by atoms with van der Waals surface area (Å²) in [5.41, 5.74) is 1.39. The lowest BCUT2D eigenvalue weighted by Crippen LogP contribution is -2.24. The van der Waals surface area contributed by atoms with Crippen LogP contribution in [0.5, 0.6) is 0 Å². The zero-order valence-electron chi connectivity index (χ0n) is 12.5. The molecule has 0 saturated heterocycles. The molecule has 2 aromatic rings. The second kappa shape index (κ2) is 7.74. The molecule has 3 N–H and O–H groups in total. The average molecular weight is 313 g/mol. The highest BCUT2D eigenvalue weighted by Gasteiger charge is 2.02. The van der Waals surface area contributed by atoms with E-state index in [0.717, 1.165) is 0 Å². The summed E-state index contributed by atoms with van der Waals surface area (Å²) in [4.78, 5) is 23.1. The molecule has 6 heteroatoms. The minimum Gasteiger partial charge on any atom is -0.341 e. The summed E-state index contributed by atoms with van der Waals surface area (Å²) in [6.45, 7) is 0. The van der Waals surface area contributed by atoms with Crippen molar-refractivity contribution in [2.24, 2.45) is 0 Å². The second-order valence-electron chi connectivity index (χ2n) is 4.63. The summed E-state index contributed by atoms with van der Waals surface area (Å²) in [6.07, 6.45) is 2.65. The number of amides is 3. The molecular formula is C17H16FN3O2. The van der Waals surface area contributed by atoms with E-state index in [9.17, 15) is 14.0 Å². The van der Waals surface area contributed by atoms with Gasteiger partial charge in [-0.1, -0.05) is 24.3 Å². The van der Waals surface area contributed by atoms with Crippen LogP contribution in [-0.4, -0.2) is 19.0 Å². The number of nitrogens with one attached hydrogen (secondary N) is 3. The molecule has 0 aliphatic carbocycles. The highest BCUT2D eigenvalue weighted by atomic mass is 19.1. The average Bonchev–Trinajstić information content (AvgIpc) is 2.54. The number of carbonyl (C=O) groups is 2. The van der Waals surface area contributed by atoms with E-state index in [0.29, 0.717) is 16.9 Å². The first-order chi connectivity index (χ1) is 11.1. The van der Waals surface area contributed by atoms with Gasteiger partial charge in [0.05, 0.1) is 0 Å². The van der Waals surface area contributed by atoms with E-state index in [2.05, 4.69) is 16.0 Å². The molecule has 0 radical (unpaired) electrons. The fraction of sp³-hybridized carbons (Fsp3) is 0.0588. The van der Waals surface area contributed by atoms with E-state index in [1.807, 2.05) is 0 Å². The van der Waals surface area contributed by atoms with Crippen molar-refractivity contribution in [3.63, 3.8) is 0 Å². The van der Waals surface area contributed by atoms with Crippen LogP contribution in [-0.2, 0) is 4.79 Å². The summed E-state index contributed by atoms with van der Waals surface area (Å²) in [7, 11) is 1.51. The van der Waals surface area contributed by atoms with Crippen molar-refractivity contribution in [1.29, 1.82) is 0 Å². The molecule has 0 atom stereocenters. The summed E-state index contributed by atoms with van der Waals surface area (Å²) in [5, 5.41) is 7.68. The summed E-state index contributed by atoms with van der Waals surface area (Å²) >= 11 is 0. The molecule has 0 heterocycles. The molecule has 2 rings (SSSR count). The van der Waals surface area contributed by atoms with Crippen LogP contribution in [0.2, 0.25) is 0 Å². The Morgan fingerprint density at radius 1 is 1.00 bits per heavy atom. The Kier molecular flexibility index (Phi) is 5.46. The molecule has 3 amide bonds. The smallest absolute Gasteiger partial charge is 0.318 e. The Morgan fingerprint density at radius 2 is 1.70 bits per heavy atom. The van der Waals surface area contributed by atoms with Crippen LogP contribution < -0.4 is 16.0 Å². The van der Waals surface area contributed by atoms with Crippen molar-refractivity contribution in [1.82, 2.24) is 5.32 Å². The van der Waals surface area contributed by atoms with E-state index in [1.165, 1.54) is 25.3 Å². The number of anilines is 2. The number of hydrogen-bond donors (Lipinski definition) is 3. The van der Waals surface area contributed by atoms with E-state index in [4.69, 9.17) is 0 Å². The van der Waals surface area contributed by atoms with Crippen LogP contribution in [0.4, 0.5) is 20.6 Å². The van der Waals surface area contributed by atoms with E-state index in [1.54, 1.807) is 42.5 Å². The summed E-state index contributed by atoms with van der Waals surface area (Å²) in [5.74, 6) is -0.793. The molecule has 2 aromatic carbocycles. The Labute approximate surface area is 133 Å². The van der Waals surface area contributed by atoms with Gasteiger partial charge in [-0.15, -0.1) is 0 Å². The van der Waals surface area contributed by atoms with Crippen molar-refractivity contribution >= 4 is 29.4 Å². The van der Waals surface area contributed by atoms with Gasteiger partial charge >= 0.3 is 6.03 Å². The fourth-order valence-corrected chi connectivity index (χ4v) is 1.83. The lowest BCUT2D eigenvalue weighted by molar-refractivity contribution is -0.111. The molecule has 23 heavy (non-hydrogen) atoms. The molecule has 0 spiro atoms. The predicted molar refractivity (Wildman–Crippen MR) is 88.6 cm³/mol. The van der Waals surface area contributed by atoms with Gasteiger partial charge in [0.2, 0.25) is 5.91 Å². The largest absolute Gasteiger partial charge is 0.341 e. The highest BCUT2D eigenvalue weighted by Crippen LogP contribution is 2.15. The predicted octanol–water partition coefficient (Wildman–Crippen LogP) is 3.23. The molecule has 0 unspecified atom stereocenters. The van der Waals surface area contributed by atoms with Gasteiger partial charge in [-0.2, -0.15) is 0 Å². The Hall–Kier alpha value is -3.15. The number of urea groups is 1. The number of halogens is 1. The molecule has 0 aliphatic heterocycles. The Balaban J connectivity index is 2.01. The topological polar surface area (TPSA) is 70.2 Å². The molecule has 5 nitrogen and oxygen atoms in total. The molecule has 0 saturated carbocycles. The Bertz CT molecular complexity index is 744. The third-order valence-electron chi connectivity index (χ3n) is 2.93. The van der Waals surface area contributed by atoms with Crippen LogP contribution in [0.3, 0.4) is 0 Å². The maximum Gasteiger partial charge on any atom is 0.318 e.